The fraction of sp³-hybridized carbons (Fsp3) is 0.0909. The number of hydrogen-bond donors (Lipinski definition) is 1. The number of fused-ring (bicyclic) bond motifs is 1. The molecule has 0 saturated carbocycles. The molecule has 7 heteroatoms. The lowest BCUT2D eigenvalue weighted by molar-refractivity contribution is -0.137. The number of halogens is 4. The van der Waals surface area contributed by atoms with Gasteiger partial charge in [0, 0.05) is 11.1 Å². The van der Waals surface area contributed by atoms with E-state index in [-0.39, 0.29) is 22.5 Å². The maximum absolute atomic E-state index is 14.3. The summed E-state index contributed by atoms with van der Waals surface area (Å²) in [6, 6.07) is 13.7. The minimum absolute atomic E-state index is 0.180. The minimum Gasteiger partial charge on any atom is -0.306 e. The molecule has 0 aliphatic heterocycles. The average molecular weight is 398 g/mol. The summed E-state index contributed by atoms with van der Waals surface area (Å²) in [6.07, 6.45) is -4.58. The molecule has 0 atom stereocenters. The molecule has 3 aromatic carbocycles. The summed E-state index contributed by atoms with van der Waals surface area (Å²) in [5.41, 5.74) is 0.606. The molecule has 0 amide bonds. The molecule has 0 unspecified atom stereocenters. The van der Waals surface area contributed by atoms with E-state index in [2.05, 4.69) is 9.97 Å². The fourth-order valence-electron chi connectivity index (χ4n) is 3.20. The first kappa shape index (κ1) is 18.9. The van der Waals surface area contributed by atoms with Crippen LogP contribution in [-0.4, -0.2) is 9.97 Å². The standard InChI is InChI=1S/C22H14F4N2O/c1-12-4-2-7-16-19(12)27-20(28-21(16)29)14-6-3-5-13(10-14)17-11-15(22(24,25)26)8-9-18(17)23/h2-11H,1H3,(H,27,28,29). The molecule has 4 rings (SSSR count). The Morgan fingerprint density at radius 1 is 0.931 bits per heavy atom. The van der Waals surface area contributed by atoms with Gasteiger partial charge in [-0.1, -0.05) is 30.3 Å². The number of aromatic amines is 1. The number of para-hydroxylation sites is 1. The van der Waals surface area contributed by atoms with Crippen LogP contribution in [-0.2, 0) is 6.18 Å². The summed E-state index contributed by atoms with van der Waals surface area (Å²) in [5.74, 6) is -0.517. The maximum atomic E-state index is 14.3. The van der Waals surface area contributed by atoms with Gasteiger partial charge in [-0.2, -0.15) is 13.2 Å². The lowest BCUT2D eigenvalue weighted by Gasteiger charge is -2.11. The Labute approximate surface area is 162 Å². The van der Waals surface area contributed by atoms with E-state index in [1.807, 2.05) is 13.0 Å². The Morgan fingerprint density at radius 2 is 1.66 bits per heavy atom. The highest BCUT2D eigenvalue weighted by molar-refractivity contribution is 5.82. The Hall–Kier alpha value is -3.48. The zero-order chi connectivity index (χ0) is 20.8. The van der Waals surface area contributed by atoms with Crippen molar-refractivity contribution in [1.29, 1.82) is 0 Å². The molecule has 146 valence electrons. The normalized spacial score (nSPS) is 11.8. The van der Waals surface area contributed by atoms with E-state index in [1.54, 1.807) is 24.3 Å². The predicted molar refractivity (Wildman–Crippen MR) is 103 cm³/mol. The Kier molecular flexibility index (Phi) is 4.45. The molecule has 1 N–H and O–H groups in total. The molecular weight excluding hydrogens is 384 g/mol. The van der Waals surface area contributed by atoms with Crippen LogP contribution >= 0.6 is 0 Å². The topological polar surface area (TPSA) is 45.8 Å². The Morgan fingerprint density at radius 3 is 2.41 bits per heavy atom. The van der Waals surface area contributed by atoms with Crippen molar-refractivity contribution < 1.29 is 17.6 Å². The summed E-state index contributed by atoms with van der Waals surface area (Å²) < 4.78 is 53.3. The summed E-state index contributed by atoms with van der Waals surface area (Å²) >= 11 is 0. The van der Waals surface area contributed by atoms with Crippen LogP contribution in [0.1, 0.15) is 11.1 Å². The van der Waals surface area contributed by atoms with Gasteiger partial charge in [0.05, 0.1) is 16.5 Å². The predicted octanol–water partition coefficient (Wildman–Crippen LogP) is 5.72. The van der Waals surface area contributed by atoms with Gasteiger partial charge in [-0.15, -0.1) is 0 Å². The molecule has 0 aliphatic carbocycles. The van der Waals surface area contributed by atoms with Crippen LogP contribution in [0.3, 0.4) is 0 Å². The number of hydrogen-bond acceptors (Lipinski definition) is 2. The molecule has 0 spiro atoms. The van der Waals surface area contributed by atoms with Crippen molar-refractivity contribution in [2.45, 2.75) is 13.1 Å². The highest BCUT2D eigenvalue weighted by atomic mass is 19.4. The minimum atomic E-state index is -4.58. The summed E-state index contributed by atoms with van der Waals surface area (Å²) in [7, 11) is 0. The molecule has 0 saturated heterocycles. The van der Waals surface area contributed by atoms with E-state index in [9.17, 15) is 22.4 Å². The van der Waals surface area contributed by atoms with E-state index >= 15 is 0 Å². The number of rotatable bonds is 2. The van der Waals surface area contributed by atoms with E-state index in [4.69, 9.17) is 0 Å². The largest absolute Gasteiger partial charge is 0.416 e. The number of H-pyrrole nitrogens is 1. The van der Waals surface area contributed by atoms with Crippen LogP contribution in [0.4, 0.5) is 17.6 Å². The van der Waals surface area contributed by atoms with Crippen molar-refractivity contribution in [1.82, 2.24) is 9.97 Å². The number of aromatic nitrogens is 2. The van der Waals surface area contributed by atoms with Gasteiger partial charge in [0.15, 0.2) is 0 Å². The number of nitrogens with one attached hydrogen (secondary N) is 1. The van der Waals surface area contributed by atoms with Crippen molar-refractivity contribution in [3.8, 4) is 22.5 Å². The van der Waals surface area contributed by atoms with Gasteiger partial charge < -0.3 is 4.98 Å². The molecule has 0 fully saturated rings. The van der Waals surface area contributed by atoms with Crippen LogP contribution in [0.25, 0.3) is 33.4 Å². The molecule has 3 nitrogen and oxygen atoms in total. The third-order valence-electron chi connectivity index (χ3n) is 4.68. The first-order valence-electron chi connectivity index (χ1n) is 8.71. The maximum Gasteiger partial charge on any atom is 0.416 e. The SMILES string of the molecule is Cc1cccc2c(=O)[nH]c(-c3cccc(-c4cc(C(F)(F)F)ccc4F)c3)nc12. The van der Waals surface area contributed by atoms with E-state index in [1.165, 1.54) is 12.1 Å². The van der Waals surface area contributed by atoms with E-state index in [0.717, 1.165) is 17.7 Å². The second-order valence-corrected chi connectivity index (χ2v) is 6.66. The van der Waals surface area contributed by atoms with Gasteiger partial charge in [-0.25, -0.2) is 9.37 Å². The Balaban J connectivity index is 1.87. The molecule has 0 bridgehead atoms. The van der Waals surface area contributed by atoms with Crippen LogP contribution in [0.5, 0.6) is 0 Å². The lowest BCUT2D eigenvalue weighted by Crippen LogP contribution is -2.10. The molecule has 1 heterocycles. The zero-order valence-corrected chi connectivity index (χ0v) is 15.1. The van der Waals surface area contributed by atoms with Crippen LogP contribution in [0.2, 0.25) is 0 Å². The van der Waals surface area contributed by atoms with Crippen molar-refractivity contribution in [2.75, 3.05) is 0 Å². The van der Waals surface area contributed by atoms with Gasteiger partial charge in [0.25, 0.3) is 5.56 Å². The second kappa shape index (κ2) is 6.84. The third-order valence-corrected chi connectivity index (χ3v) is 4.68. The van der Waals surface area contributed by atoms with E-state index in [0.29, 0.717) is 22.5 Å². The zero-order valence-electron chi connectivity index (χ0n) is 15.1. The van der Waals surface area contributed by atoms with Crippen LogP contribution in [0.15, 0.2) is 65.5 Å². The molecule has 29 heavy (non-hydrogen) atoms. The number of nitrogens with zero attached hydrogens (tertiary/aromatic N) is 1. The third kappa shape index (κ3) is 3.51. The first-order chi connectivity index (χ1) is 13.7. The quantitative estimate of drug-likeness (QED) is 0.439. The van der Waals surface area contributed by atoms with Gasteiger partial charge >= 0.3 is 6.18 Å². The molecule has 0 aliphatic rings. The first-order valence-corrected chi connectivity index (χ1v) is 8.71. The molecule has 1 aromatic heterocycles. The van der Waals surface area contributed by atoms with Crippen molar-refractivity contribution in [2.24, 2.45) is 0 Å². The highest BCUT2D eigenvalue weighted by Gasteiger charge is 2.31. The van der Waals surface area contributed by atoms with Gasteiger partial charge in [0.1, 0.15) is 11.6 Å². The second-order valence-electron chi connectivity index (χ2n) is 6.66. The Bertz CT molecular complexity index is 1290. The van der Waals surface area contributed by atoms with Crippen molar-refractivity contribution in [3.05, 3.63) is 88.0 Å². The molecular formula is C22H14F4N2O. The summed E-state index contributed by atoms with van der Waals surface area (Å²) in [4.78, 5) is 19.6. The summed E-state index contributed by atoms with van der Waals surface area (Å²) in [5, 5.41) is 0.439. The van der Waals surface area contributed by atoms with Gasteiger partial charge in [-0.3, -0.25) is 4.79 Å². The summed E-state index contributed by atoms with van der Waals surface area (Å²) in [6.45, 7) is 1.83. The molecule has 4 aromatic rings. The molecule has 0 radical (unpaired) electrons. The van der Waals surface area contributed by atoms with Gasteiger partial charge in [0.2, 0.25) is 0 Å². The van der Waals surface area contributed by atoms with Crippen LogP contribution < -0.4 is 5.56 Å². The average Bonchev–Trinajstić information content (AvgIpc) is 2.68. The van der Waals surface area contributed by atoms with Crippen molar-refractivity contribution in [3.63, 3.8) is 0 Å². The van der Waals surface area contributed by atoms with Gasteiger partial charge in [-0.05, 0) is 48.4 Å². The smallest absolute Gasteiger partial charge is 0.306 e. The fourth-order valence-corrected chi connectivity index (χ4v) is 3.20. The lowest BCUT2D eigenvalue weighted by atomic mass is 10.00. The monoisotopic (exact) mass is 398 g/mol. The number of benzene rings is 3. The van der Waals surface area contributed by atoms with Crippen LogP contribution in [0, 0.1) is 12.7 Å². The highest BCUT2D eigenvalue weighted by Crippen LogP contribution is 2.34. The number of aryl methyl sites for hydroxylation is 1. The van der Waals surface area contributed by atoms with Crippen molar-refractivity contribution >= 4 is 10.9 Å². The number of alkyl halides is 3. The van der Waals surface area contributed by atoms with E-state index < -0.39 is 17.6 Å².